The maximum atomic E-state index is 12.3. The van der Waals surface area contributed by atoms with Crippen molar-refractivity contribution in [2.45, 2.75) is 25.8 Å². The summed E-state index contributed by atoms with van der Waals surface area (Å²) in [6.07, 6.45) is 6.19. The molecule has 1 aromatic rings. The van der Waals surface area contributed by atoms with E-state index in [1.54, 1.807) is 12.4 Å². The van der Waals surface area contributed by atoms with Gasteiger partial charge in [-0.05, 0) is 39.4 Å². The summed E-state index contributed by atoms with van der Waals surface area (Å²) in [7, 11) is 3.91. The summed E-state index contributed by atoms with van der Waals surface area (Å²) < 4.78 is 1.52. The fraction of sp³-hybridized carbons (Fsp3) is 0.688. The van der Waals surface area contributed by atoms with Crippen LogP contribution < -0.4 is 16.4 Å². The summed E-state index contributed by atoms with van der Waals surface area (Å²) in [6, 6.07) is 0. The average molecular weight is 336 g/mol. The van der Waals surface area contributed by atoms with Gasteiger partial charge < -0.3 is 21.3 Å². The van der Waals surface area contributed by atoms with Crippen LogP contribution in [0.3, 0.4) is 0 Å². The van der Waals surface area contributed by atoms with Crippen LogP contribution in [0.25, 0.3) is 0 Å². The Bertz CT molecular complexity index is 557. The Hall–Kier alpha value is -1.93. The fourth-order valence-electron chi connectivity index (χ4n) is 3.04. The zero-order chi connectivity index (χ0) is 17.5. The minimum atomic E-state index is -0.100. The van der Waals surface area contributed by atoms with E-state index >= 15 is 0 Å². The van der Waals surface area contributed by atoms with E-state index in [1.807, 2.05) is 19.0 Å². The first kappa shape index (κ1) is 18.4. The van der Waals surface area contributed by atoms with Crippen molar-refractivity contribution >= 4 is 17.5 Å². The van der Waals surface area contributed by atoms with Crippen molar-refractivity contribution in [3.8, 4) is 0 Å². The predicted octanol–water partition coefficient (Wildman–Crippen LogP) is -0.126. The van der Waals surface area contributed by atoms with E-state index < -0.39 is 0 Å². The lowest BCUT2D eigenvalue weighted by Gasteiger charge is -2.16. The third-order valence-electron chi connectivity index (χ3n) is 4.39. The predicted molar refractivity (Wildman–Crippen MR) is 92.3 cm³/mol. The molecule has 8 nitrogen and oxygen atoms in total. The topological polar surface area (TPSA) is 105 Å². The normalized spacial score (nSPS) is 20.3. The highest BCUT2D eigenvalue weighted by Crippen LogP contribution is 2.31. The summed E-state index contributed by atoms with van der Waals surface area (Å²) >= 11 is 0. The van der Waals surface area contributed by atoms with Gasteiger partial charge in [0.25, 0.3) is 0 Å². The third kappa shape index (κ3) is 5.31. The summed E-state index contributed by atoms with van der Waals surface area (Å²) in [4.78, 5) is 26.2. The van der Waals surface area contributed by atoms with Crippen molar-refractivity contribution in [3.63, 3.8) is 0 Å². The van der Waals surface area contributed by atoms with Crippen molar-refractivity contribution in [3.05, 3.63) is 12.4 Å². The maximum Gasteiger partial charge on any atom is 0.241 e. The van der Waals surface area contributed by atoms with Crippen LogP contribution in [0.5, 0.6) is 0 Å². The fourth-order valence-corrected chi connectivity index (χ4v) is 3.04. The molecule has 24 heavy (non-hydrogen) atoms. The molecule has 0 saturated heterocycles. The zero-order valence-corrected chi connectivity index (χ0v) is 14.5. The second-order valence-electron chi connectivity index (χ2n) is 6.60. The number of carbonyl (C=O) groups is 2. The quantitative estimate of drug-likeness (QED) is 0.613. The van der Waals surface area contributed by atoms with Crippen LogP contribution in [0.15, 0.2) is 12.4 Å². The van der Waals surface area contributed by atoms with Crippen molar-refractivity contribution in [2.75, 3.05) is 39.0 Å². The molecule has 2 amide bonds. The molecule has 0 bridgehead atoms. The van der Waals surface area contributed by atoms with E-state index in [4.69, 9.17) is 5.73 Å². The van der Waals surface area contributed by atoms with Gasteiger partial charge in [-0.2, -0.15) is 5.10 Å². The monoisotopic (exact) mass is 336 g/mol. The van der Waals surface area contributed by atoms with Gasteiger partial charge in [0.2, 0.25) is 11.8 Å². The second kappa shape index (κ2) is 8.79. The lowest BCUT2D eigenvalue weighted by molar-refractivity contribution is -0.122. The standard InChI is InChI=1S/C16H28N6O2/c1-21(2)7-6-18-15(23)11-22-10-13(9-19-22)20-16(24)14-5-3-4-12(14)8-17/h9-10,12,14H,3-8,11,17H2,1-2H3,(H,18,23)(H,20,24)/t12-,14-/m1/s1. The van der Waals surface area contributed by atoms with Gasteiger partial charge in [0.1, 0.15) is 6.54 Å². The minimum Gasteiger partial charge on any atom is -0.353 e. The van der Waals surface area contributed by atoms with Crippen molar-refractivity contribution in [1.29, 1.82) is 0 Å². The van der Waals surface area contributed by atoms with Gasteiger partial charge in [-0.1, -0.05) is 6.42 Å². The minimum absolute atomic E-state index is 0.00191. The number of carbonyl (C=O) groups excluding carboxylic acids is 2. The van der Waals surface area contributed by atoms with Crippen LogP contribution in [0.2, 0.25) is 0 Å². The van der Waals surface area contributed by atoms with Gasteiger partial charge in [-0.15, -0.1) is 0 Å². The number of nitrogens with two attached hydrogens (primary N) is 1. The van der Waals surface area contributed by atoms with E-state index in [1.165, 1.54) is 4.68 Å². The molecular formula is C16H28N6O2. The highest BCUT2D eigenvalue weighted by Gasteiger charge is 2.32. The van der Waals surface area contributed by atoms with E-state index in [0.29, 0.717) is 18.8 Å². The lowest BCUT2D eigenvalue weighted by Crippen LogP contribution is -2.33. The number of rotatable bonds is 8. The molecule has 1 heterocycles. The number of aromatic nitrogens is 2. The smallest absolute Gasteiger partial charge is 0.241 e. The van der Waals surface area contributed by atoms with Crippen molar-refractivity contribution in [2.24, 2.45) is 17.6 Å². The molecule has 1 aliphatic carbocycles. The Morgan fingerprint density at radius 2 is 2.21 bits per heavy atom. The van der Waals surface area contributed by atoms with Crippen molar-refractivity contribution < 1.29 is 9.59 Å². The Balaban J connectivity index is 1.80. The van der Waals surface area contributed by atoms with Crippen LogP contribution >= 0.6 is 0 Å². The molecule has 1 saturated carbocycles. The Morgan fingerprint density at radius 3 is 2.92 bits per heavy atom. The van der Waals surface area contributed by atoms with Crippen LogP contribution in [0.1, 0.15) is 19.3 Å². The molecule has 0 unspecified atom stereocenters. The number of anilines is 1. The molecule has 2 atom stereocenters. The van der Waals surface area contributed by atoms with E-state index in [0.717, 1.165) is 25.8 Å². The van der Waals surface area contributed by atoms with Crippen LogP contribution in [0, 0.1) is 11.8 Å². The van der Waals surface area contributed by atoms with Crippen LogP contribution in [0.4, 0.5) is 5.69 Å². The molecule has 4 N–H and O–H groups in total. The number of nitrogens with one attached hydrogen (secondary N) is 2. The molecular weight excluding hydrogens is 308 g/mol. The third-order valence-corrected chi connectivity index (χ3v) is 4.39. The van der Waals surface area contributed by atoms with Crippen LogP contribution in [-0.4, -0.2) is 60.2 Å². The average Bonchev–Trinajstić information content (AvgIpc) is 3.15. The first-order chi connectivity index (χ1) is 11.5. The molecule has 1 aliphatic rings. The molecule has 0 radical (unpaired) electrons. The van der Waals surface area contributed by atoms with Gasteiger partial charge in [0.15, 0.2) is 0 Å². The Morgan fingerprint density at radius 1 is 1.42 bits per heavy atom. The number of amides is 2. The lowest BCUT2D eigenvalue weighted by atomic mass is 9.95. The summed E-state index contributed by atoms with van der Waals surface area (Å²) in [5.74, 6) is 0.143. The summed E-state index contributed by atoms with van der Waals surface area (Å²) in [6.45, 7) is 2.07. The first-order valence-corrected chi connectivity index (χ1v) is 8.44. The largest absolute Gasteiger partial charge is 0.353 e. The van der Waals surface area contributed by atoms with Gasteiger partial charge in [0, 0.05) is 25.2 Å². The molecule has 2 rings (SSSR count). The second-order valence-corrected chi connectivity index (χ2v) is 6.60. The Kier molecular flexibility index (Phi) is 6.74. The van der Waals surface area contributed by atoms with Gasteiger partial charge in [-0.3, -0.25) is 14.3 Å². The molecule has 0 aromatic carbocycles. The van der Waals surface area contributed by atoms with Crippen LogP contribution in [-0.2, 0) is 16.1 Å². The van der Waals surface area contributed by atoms with E-state index in [9.17, 15) is 9.59 Å². The molecule has 134 valence electrons. The van der Waals surface area contributed by atoms with Gasteiger partial charge in [-0.25, -0.2) is 0 Å². The molecule has 1 aromatic heterocycles. The summed E-state index contributed by atoms with van der Waals surface area (Å²) in [5.41, 5.74) is 6.34. The zero-order valence-electron chi connectivity index (χ0n) is 14.5. The Labute approximate surface area is 142 Å². The molecule has 8 heteroatoms. The van der Waals surface area contributed by atoms with Gasteiger partial charge in [0.05, 0.1) is 11.9 Å². The summed E-state index contributed by atoms with van der Waals surface area (Å²) in [5, 5.41) is 9.84. The first-order valence-electron chi connectivity index (χ1n) is 8.44. The van der Waals surface area contributed by atoms with Gasteiger partial charge >= 0.3 is 0 Å². The van der Waals surface area contributed by atoms with Crippen molar-refractivity contribution in [1.82, 2.24) is 20.0 Å². The molecule has 0 aliphatic heterocycles. The number of hydrogen-bond donors (Lipinski definition) is 3. The molecule has 1 fully saturated rings. The highest BCUT2D eigenvalue weighted by molar-refractivity contribution is 5.92. The molecule has 0 spiro atoms. The number of likely N-dealkylation sites (N-methyl/N-ethyl adjacent to an activating group) is 1. The highest BCUT2D eigenvalue weighted by atomic mass is 16.2. The number of hydrogen-bond acceptors (Lipinski definition) is 5. The number of nitrogens with zero attached hydrogens (tertiary/aromatic N) is 3. The van der Waals surface area contributed by atoms with E-state index in [-0.39, 0.29) is 30.2 Å². The van der Waals surface area contributed by atoms with E-state index in [2.05, 4.69) is 15.7 Å². The SMILES string of the molecule is CN(C)CCNC(=O)Cn1cc(NC(=O)[C@@H]2CCC[C@@H]2CN)cn1. The maximum absolute atomic E-state index is 12.3.